The lowest BCUT2D eigenvalue weighted by molar-refractivity contribution is -0.120. The number of hydrogen-bond donors (Lipinski definition) is 1. The molecule has 1 N–H and O–H groups in total. The van der Waals surface area contributed by atoms with Gasteiger partial charge in [0.25, 0.3) is 5.22 Å². The lowest BCUT2D eigenvalue weighted by Crippen LogP contribution is -2.32. The maximum atomic E-state index is 12.0. The summed E-state index contributed by atoms with van der Waals surface area (Å²) in [6, 6.07) is 8.51. The number of carbonyl (C=O) groups is 1. The van der Waals surface area contributed by atoms with Crippen molar-refractivity contribution >= 4 is 17.7 Å². The third-order valence-electron chi connectivity index (χ3n) is 3.97. The minimum atomic E-state index is -0.248. The van der Waals surface area contributed by atoms with Crippen LogP contribution in [0.1, 0.15) is 46.1 Å². The summed E-state index contributed by atoms with van der Waals surface area (Å²) in [4.78, 5) is 12.0. The van der Waals surface area contributed by atoms with Crippen LogP contribution in [0.4, 0.5) is 0 Å². The van der Waals surface area contributed by atoms with E-state index in [2.05, 4.69) is 48.4 Å². The second-order valence-electron chi connectivity index (χ2n) is 7.24. The quantitative estimate of drug-likeness (QED) is 0.835. The van der Waals surface area contributed by atoms with Crippen LogP contribution < -0.4 is 5.32 Å². The molecule has 128 valence electrons. The maximum absolute atomic E-state index is 12.0. The molecule has 1 saturated carbocycles. The van der Waals surface area contributed by atoms with Crippen LogP contribution in [0.15, 0.2) is 33.9 Å². The molecule has 1 heterocycles. The van der Waals surface area contributed by atoms with Crippen LogP contribution in [-0.4, -0.2) is 27.4 Å². The number of nitrogens with one attached hydrogen (secondary N) is 1. The summed E-state index contributed by atoms with van der Waals surface area (Å²) >= 11 is 1.29. The first-order chi connectivity index (χ1) is 11.3. The normalized spacial score (nSPS) is 16.0. The van der Waals surface area contributed by atoms with Gasteiger partial charge >= 0.3 is 0 Å². The number of aromatic nitrogens is 2. The Balaban J connectivity index is 1.65. The molecule has 1 aromatic heterocycles. The third-order valence-corrected chi connectivity index (χ3v) is 4.91. The topological polar surface area (TPSA) is 68.0 Å². The average Bonchev–Trinajstić information content (AvgIpc) is 3.22. The molecule has 1 aliphatic carbocycles. The Hall–Kier alpha value is -1.82. The van der Waals surface area contributed by atoms with Crippen LogP contribution in [0.5, 0.6) is 0 Å². The summed E-state index contributed by atoms with van der Waals surface area (Å²) < 4.78 is 5.70. The predicted octanol–water partition coefficient (Wildman–Crippen LogP) is 3.79. The molecule has 1 aromatic carbocycles. The van der Waals surface area contributed by atoms with Crippen molar-refractivity contribution in [1.82, 2.24) is 15.5 Å². The fourth-order valence-electron chi connectivity index (χ4n) is 2.24. The van der Waals surface area contributed by atoms with Gasteiger partial charge in [0.05, 0.1) is 5.25 Å². The number of amides is 1. The zero-order valence-corrected chi connectivity index (χ0v) is 15.3. The summed E-state index contributed by atoms with van der Waals surface area (Å²) in [7, 11) is 0. The van der Waals surface area contributed by atoms with Gasteiger partial charge in [-0.2, -0.15) is 0 Å². The van der Waals surface area contributed by atoms with E-state index in [9.17, 15) is 4.79 Å². The number of thioether (sulfide) groups is 1. The first-order valence-electron chi connectivity index (χ1n) is 8.24. The zero-order valence-electron chi connectivity index (χ0n) is 14.5. The van der Waals surface area contributed by atoms with E-state index in [1.165, 1.54) is 17.3 Å². The highest BCUT2D eigenvalue weighted by atomic mass is 32.2. The van der Waals surface area contributed by atoms with Crippen LogP contribution in [0.2, 0.25) is 0 Å². The highest BCUT2D eigenvalue weighted by Crippen LogP contribution is 2.29. The molecule has 1 aliphatic rings. The van der Waals surface area contributed by atoms with Crippen molar-refractivity contribution in [2.45, 2.75) is 62.5 Å². The first kappa shape index (κ1) is 17.0. The minimum absolute atomic E-state index is 0.0248. The van der Waals surface area contributed by atoms with Gasteiger partial charge in [0.2, 0.25) is 11.8 Å². The average molecular weight is 345 g/mol. The first-order valence-corrected chi connectivity index (χ1v) is 9.12. The molecular formula is C18H23N3O2S. The zero-order chi connectivity index (χ0) is 17.3. The number of hydrogen-bond acceptors (Lipinski definition) is 5. The molecule has 1 atom stereocenters. The molecule has 0 bridgehead atoms. The number of nitrogens with zero attached hydrogens (tertiary/aromatic N) is 2. The second kappa shape index (κ2) is 6.59. The molecule has 0 unspecified atom stereocenters. The van der Waals surface area contributed by atoms with E-state index in [1.807, 2.05) is 19.1 Å². The highest BCUT2D eigenvalue weighted by molar-refractivity contribution is 8.00. The van der Waals surface area contributed by atoms with Gasteiger partial charge in [-0.1, -0.05) is 44.7 Å². The van der Waals surface area contributed by atoms with Crippen molar-refractivity contribution in [3.05, 3.63) is 29.8 Å². The fraction of sp³-hybridized carbons (Fsp3) is 0.500. The summed E-state index contributed by atoms with van der Waals surface area (Å²) in [5.41, 5.74) is 2.25. The highest BCUT2D eigenvalue weighted by Gasteiger charge is 2.27. The van der Waals surface area contributed by atoms with Gasteiger partial charge in [-0.3, -0.25) is 4.79 Å². The van der Waals surface area contributed by atoms with Crippen LogP contribution in [0, 0.1) is 0 Å². The number of carbonyl (C=O) groups excluding carboxylic acids is 1. The third kappa shape index (κ3) is 4.17. The molecule has 3 rings (SSSR count). The van der Waals surface area contributed by atoms with E-state index in [4.69, 9.17) is 4.42 Å². The van der Waals surface area contributed by atoms with Gasteiger partial charge in [-0.25, -0.2) is 0 Å². The molecule has 24 heavy (non-hydrogen) atoms. The van der Waals surface area contributed by atoms with Crippen molar-refractivity contribution in [1.29, 1.82) is 0 Å². The van der Waals surface area contributed by atoms with Gasteiger partial charge < -0.3 is 9.73 Å². The molecule has 0 radical (unpaired) electrons. The van der Waals surface area contributed by atoms with Gasteiger partial charge in [0, 0.05) is 11.6 Å². The maximum Gasteiger partial charge on any atom is 0.277 e. The molecule has 0 aliphatic heterocycles. The molecule has 5 nitrogen and oxygen atoms in total. The summed E-state index contributed by atoms with van der Waals surface area (Å²) in [5.74, 6) is 0.504. The van der Waals surface area contributed by atoms with Crippen LogP contribution >= 0.6 is 11.8 Å². The second-order valence-corrected chi connectivity index (χ2v) is 8.54. The predicted molar refractivity (Wildman–Crippen MR) is 94.9 cm³/mol. The molecule has 2 aromatic rings. The van der Waals surface area contributed by atoms with E-state index < -0.39 is 0 Å². The van der Waals surface area contributed by atoms with Crippen molar-refractivity contribution in [3.63, 3.8) is 0 Å². The SMILES string of the molecule is C[C@@H](Sc1nnc(-c2ccc(C(C)(C)C)cc2)o1)C(=O)NC1CC1. The van der Waals surface area contributed by atoms with Crippen molar-refractivity contribution in [2.75, 3.05) is 0 Å². The fourth-order valence-corrected chi connectivity index (χ4v) is 2.93. The molecule has 1 amide bonds. The smallest absolute Gasteiger partial charge is 0.277 e. The largest absolute Gasteiger partial charge is 0.411 e. The lowest BCUT2D eigenvalue weighted by atomic mass is 9.87. The van der Waals surface area contributed by atoms with Gasteiger partial charge in [0.15, 0.2) is 0 Å². The summed E-state index contributed by atoms with van der Waals surface area (Å²) in [6.07, 6.45) is 2.16. The monoisotopic (exact) mass is 345 g/mol. The van der Waals surface area contributed by atoms with E-state index in [-0.39, 0.29) is 16.6 Å². The Morgan fingerprint density at radius 3 is 2.50 bits per heavy atom. The molecule has 0 saturated heterocycles. The van der Waals surface area contributed by atoms with Gasteiger partial charge in [-0.05, 0) is 42.9 Å². The molecule has 0 spiro atoms. The Morgan fingerprint density at radius 2 is 1.92 bits per heavy atom. The van der Waals surface area contributed by atoms with E-state index >= 15 is 0 Å². The lowest BCUT2D eigenvalue weighted by Gasteiger charge is -2.18. The van der Waals surface area contributed by atoms with Crippen LogP contribution in [0.3, 0.4) is 0 Å². The van der Waals surface area contributed by atoms with Crippen LogP contribution in [0.25, 0.3) is 11.5 Å². The minimum Gasteiger partial charge on any atom is -0.411 e. The Kier molecular flexibility index (Phi) is 4.67. The molecule has 6 heteroatoms. The van der Waals surface area contributed by atoms with Gasteiger partial charge in [0.1, 0.15) is 0 Å². The Labute approximate surface area is 146 Å². The summed E-state index contributed by atoms with van der Waals surface area (Å²) in [6.45, 7) is 8.39. The van der Waals surface area contributed by atoms with Crippen molar-refractivity contribution in [3.8, 4) is 11.5 Å². The Bertz CT molecular complexity index is 715. The van der Waals surface area contributed by atoms with Crippen LogP contribution in [-0.2, 0) is 10.2 Å². The van der Waals surface area contributed by atoms with E-state index in [1.54, 1.807) is 0 Å². The van der Waals surface area contributed by atoms with E-state index in [0.29, 0.717) is 17.2 Å². The standard InChI is InChI=1S/C18H23N3O2S/c1-11(15(22)19-14-9-10-14)24-17-21-20-16(23-17)12-5-7-13(8-6-12)18(2,3)4/h5-8,11,14H,9-10H2,1-4H3,(H,19,22)/t11-/m1/s1. The van der Waals surface area contributed by atoms with E-state index in [0.717, 1.165) is 18.4 Å². The van der Waals surface area contributed by atoms with Crippen molar-refractivity contribution in [2.24, 2.45) is 0 Å². The molecular weight excluding hydrogens is 322 g/mol. The number of rotatable bonds is 5. The van der Waals surface area contributed by atoms with Crippen molar-refractivity contribution < 1.29 is 9.21 Å². The Morgan fingerprint density at radius 1 is 1.25 bits per heavy atom. The van der Waals surface area contributed by atoms with Gasteiger partial charge in [-0.15, -0.1) is 10.2 Å². The number of benzene rings is 1. The molecule has 1 fully saturated rings. The summed E-state index contributed by atoms with van der Waals surface area (Å²) in [5, 5.41) is 11.3.